The molecule has 3 heterocycles. The average Bonchev–Trinajstić information content (AvgIpc) is 3.14. The summed E-state index contributed by atoms with van der Waals surface area (Å²) in [5.41, 5.74) is 1.43. The van der Waals surface area contributed by atoms with Crippen molar-refractivity contribution in [3.05, 3.63) is 36.5 Å². The molecule has 2 bridgehead atoms. The lowest BCUT2D eigenvalue weighted by Crippen LogP contribution is -2.51. The zero-order valence-electron chi connectivity index (χ0n) is 15.1. The SMILES string of the molecule is O=C(O)[C@H]1C2CCC(CC2)[C@@H]1Nc1nc(-c2c[nH]c3ncccc23)ncc1F. The number of fused-ring (bicyclic) bond motifs is 4. The van der Waals surface area contributed by atoms with E-state index in [-0.39, 0.29) is 23.7 Å². The van der Waals surface area contributed by atoms with Crippen LogP contribution in [0.4, 0.5) is 10.2 Å². The summed E-state index contributed by atoms with van der Waals surface area (Å²) in [6.07, 6.45) is 8.37. The summed E-state index contributed by atoms with van der Waals surface area (Å²) >= 11 is 0. The van der Waals surface area contributed by atoms with Crippen molar-refractivity contribution >= 4 is 22.8 Å². The first-order valence-electron chi connectivity index (χ1n) is 9.56. The molecule has 6 rings (SSSR count). The highest BCUT2D eigenvalue weighted by Gasteiger charge is 2.47. The second-order valence-electron chi connectivity index (χ2n) is 7.70. The van der Waals surface area contributed by atoms with E-state index in [1.807, 2.05) is 12.1 Å². The topological polar surface area (TPSA) is 104 Å². The van der Waals surface area contributed by atoms with E-state index in [1.165, 1.54) is 0 Å². The molecule has 3 saturated carbocycles. The van der Waals surface area contributed by atoms with Gasteiger partial charge in [-0.25, -0.2) is 19.3 Å². The molecule has 0 aliphatic heterocycles. The molecule has 3 fully saturated rings. The van der Waals surface area contributed by atoms with Crippen molar-refractivity contribution in [3.8, 4) is 11.4 Å². The molecule has 0 aromatic carbocycles. The summed E-state index contributed by atoms with van der Waals surface area (Å²) < 4.78 is 14.5. The number of halogens is 1. The van der Waals surface area contributed by atoms with Crippen molar-refractivity contribution in [1.82, 2.24) is 19.9 Å². The fourth-order valence-electron chi connectivity index (χ4n) is 4.91. The van der Waals surface area contributed by atoms with E-state index >= 15 is 0 Å². The minimum Gasteiger partial charge on any atom is -0.481 e. The Morgan fingerprint density at radius 2 is 2.00 bits per heavy atom. The molecule has 2 atom stereocenters. The van der Waals surface area contributed by atoms with Gasteiger partial charge >= 0.3 is 5.97 Å². The van der Waals surface area contributed by atoms with Gasteiger partial charge < -0.3 is 15.4 Å². The number of pyridine rings is 1. The third-order valence-corrected chi connectivity index (χ3v) is 6.24. The number of carboxylic acids is 1. The second-order valence-corrected chi connectivity index (χ2v) is 7.70. The van der Waals surface area contributed by atoms with Crippen LogP contribution in [0.25, 0.3) is 22.4 Å². The Morgan fingerprint density at radius 3 is 2.79 bits per heavy atom. The molecule has 0 spiro atoms. The molecule has 3 aromatic rings. The number of H-pyrrole nitrogens is 1. The maximum atomic E-state index is 14.5. The predicted molar refractivity (Wildman–Crippen MR) is 101 cm³/mol. The van der Waals surface area contributed by atoms with Crippen LogP contribution < -0.4 is 5.32 Å². The van der Waals surface area contributed by atoms with E-state index in [0.29, 0.717) is 11.5 Å². The van der Waals surface area contributed by atoms with E-state index in [4.69, 9.17) is 0 Å². The fourth-order valence-corrected chi connectivity index (χ4v) is 4.91. The van der Waals surface area contributed by atoms with Gasteiger partial charge in [0.15, 0.2) is 17.5 Å². The smallest absolute Gasteiger partial charge is 0.308 e. The van der Waals surface area contributed by atoms with E-state index in [9.17, 15) is 14.3 Å². The average molecular weight is 381 g/mol. The first-order valence-corrected chi connectivity index (χ1v) is 9.56. The van der Waals surface area contributed by atoms with Crippen LogP contribution in [0.15, 0.2) is 30.7 Å². The van der Waals surface area contributed by atoms with Crippen molar-refractivity contribution < 1.29 is 14.3 Å². The molecular formula is C20H20FN5O2. The van der Waals surface area contributed by atoms with Crippen LogP contribution >= 0.6 is 0 Å². The Balaban J connectivity index is 1.50. The highest BCUT2D eigenvalue weighted by atomic mass is 19.1. The van der Waals surface area contributed by atoms with Gasteiger partial charge in [-0.15, -0.1) is 0 Å². The number of hydrogen-bond donors (Lipinski definition) is 3. The molecule has 7 nitrogen and oxygen atoms in total. The predicted octanol–water partition coefficient (Wildman–Crippen LogP) is 3.46. The Hall–Kier alpha value is -3.03. The first-order chi connectivity index (χ1) is 13.6. The van der Waals surface area contributed by atoms with Crippen LogP contribution in [0.2, 0.25) is 0 Å². The number of nitrogens with one attached hydrogen (secondary N) is 2. The van der Waals surface area contributed by atoms with Crippen LogP contribution in [0, 0.1) is 23.6 Å². The van der Waals surface area contributed by atoms with Crippen molar-refractivity contribution in [2.45, 2.75) is 31.7 Å². The fraction of sp³-hybridized carbons (Fsp3) is 0.400. The number of carbonyl (C=O) groups is 1. The summed E-state index contributed by atoms with van der Waals surface area (Å²) in [5.74, 6) is -1.10. The van der Waals surface area contributed by atoms with Crippen LogP contribution in [0.3, 0.4) is 0 Å². The lowest BCUT2D eigenvalue weighted by atomic mass is 9.61. The molecule has 3 aliphatic rings. The number of hydrogen-bond acceptors (Lipinski definition) is 5. The Labute approximate surface area is 160 Å². The molecule has 144 valence electrons. The molecule has 28 heavy (non-hydrogen) atoms. The molecule has 3 N–H and O–H groups in total. The van der Waals surface area contributed by atoms with Crippen molar-refractivity contribution in [1.29, 1.82) is 0 Å². The van der Waals surface area contributed by atoms with Crippen molar-refractivity contribution in [2.24, 2.45) is 17.8 Å². The van der Waals surface area contributed by atoms with Crippen LogP contribution in [-0.2, 0) is 4.79 Å². The molecule has 0 saturated heterocycles. The summed E-state index contributed by atoms with van der Waals surface area (Å²) in [6, 6.07) is 3.40. The normalized spacial score (nSPS) is 26.5. The summed E-state index contributed by atoms with van der Waals surface area (Å²) in [4.78, 5) is 27.7. The minimum atomic E-state index is -0.815. The molecule has 0 radical (unpaired) electrons. The molecule has 0 unspecified atom stereocenters. The van der Waals surface area contributed by atoms with Gasteiger partial charge in [0.25, 0.3) is 0 Å². The maximum absolute atomic E-state index is 14.5. The third kappa shape index (κ3) is 2.71. The lowest BCUT2D eigenvalue weighted by molar-refractivity contribution is -0.148. The number of nitrogens with zero attached hydrogens (tertiary/aromatic N) is 3. The van der Waals surface area contributed by atoms with Gasteiger partial charge in [0, 0.05) is 29.4 Å². The monoisotopic (exact) mass is 381 g/mol. The highest BCUT2D eigenvalue weighted by Crippen LogP contribution is 2.46. The van der Waals surface area contributed by atoms with E-state index in [0.717, 1.165) is 42.8 Å². The molecule has 3 aliphatic carbocycles. The number of aliphatic carboxylic acids is 1. The molecule has 0 amide bonds. The number of rotatable bonds is 4. The molecule has 3 aromatic heterocycles. The van der Waals surface area contributed by atoms with Gasteiger partial charge in [-0.3, -0.25) is 4.79 Å². The zero-order chi connectivity index (χ0) is 19.3. The summed E-state index contributed by atoms with van der Waals surface area (Å²) in [7, 11) is 0. The first kappa shape index (κ1) is 17.1. The summed E-state index contributed by atoms with van der Waals surface area (Å²) in [5, 5.41) is 13.7. The molecule has 8 heteroatoms. The summed E-state index contributed by atoms with van der Waals surface area (Å²) in [6.45, 7) is 0. The maximum Gasteiger partial charge on any atom is 0.308 e. The largest absolute Gasteiger partial charge is 0.481 e. The Bertz CT molecular complexity index is 1040. The van der Waals surface area contributed by atoms with Gasteiger partial charge in [0.1, 0.15) is 5.65 Å². The minimum absolute atomic E-state index is 0.0621. The quantitative estimate of drug-likeness (QED) is 0.639. The second kappa shape index (κ2) is 6.54. The van der Waals surface area contributed by atoms with Gasteiger partial charge in [-0.2, -0.15) is 0 Å². The van der Waals surface area contributed by atoms with Gasteiger partial charge in [-0.1, -0.05) is 0 Å². The van der Waals surface area contributed by atoms with Crippen molar-refractivity contribution in [3.63, 3.8) is 0 Å². The van der Waals surface area contributed by atoms with Gasteiger partial charge in [0.2, 0.25) is 0 Å². The lowest BCUT2D eigenvalue weighted by Gasteiger charge is -2.47. The number of aromatic nitrogens is 4. The van der Waals surface area contributed by atoms with Crippen LogP contribution in [-0.4, -0.2) is 37.1 Å². The van der Waals surface area contributed by atoms with E-state index in [1.54, 1.807) is 12.4 Å². The van der Waals surface area contributed by atoms with E-state index in [2.05, 4.69) is 25.3 Å². The number of aromatic amines is 1. The number of carboxylic acid groups (broad SMARTS) is 1. The van der Waals surface area contributed by atoms with Crippen LogP contribution in [0.5, 0.6) is 0 Å². The zero-order valence-corrected chi connectivity index (χ0v) is 15.1. The van der Waals surface area contributed by atoms with Crippen LogP contribution in [0.1, 0.15) is 25.7 Å². The van der Waals surface area contributed by atoms with Crippen molar-refractivity contribution in [2.75, 3.05) is 5.32 Å². The van der Waals surface area contributed by atoms with Gasteiger partial charge in [0.05, 0.1) is 12.1 Å². The standard InChI is InChI=1S/C20H20FN5O2/c21-14-9-24-18(13-8-23-17-12(13)2-1-7-22-17)26-19(14)25-16-11-5-3-10(4-6-11)15(16)20(27)28/h1-2,7-11,15-16H,3-6H2,(H,22,23)(H,27,28)(H,24,25,26)/t10?,11?,15-,16-/m0/s1. The van der Waals surface area contributed by atoms with E-state index < -0.39 is 17.7 Å². The molecular weight excluding hydrogens is 361 g/mol. The third-order valence-electron chi connectivity index (χ3n) is 6.24. The van der Waals surface area contributed by atoms with Gasteiger partial charge in [-0.05, 0) is 49.7 Å². The Morgan fingerprint density at radius 1 is 1.21 bits per heavy atom. The highest BCUT2D eigenvalue weighted by molar-refractivity contribution is 5.91. The number of anilines is 1. The Kier molecular flexibility index (Phi) is 3.99.